The van der Waals surface area contributed by atoms with Gasteiger partial charge in [0.15, 0.2) is 5.65 Å². The summed E-state index contributed by atoms with van der Waals surface area (Å²) < 4.78 is 4.09. The number of hydrogen-bond donors (Lipinski definition) is 1. The van der Waals surface area contributed by atoms with E-state index in [1.165, 1.54) is 18.5 Å². The molecule has 0 unspecified atom stereocenters. The fourth-order valence-electron chi connectivity index (χ4n) is 3.54. The van der Waals surface area contributed by atoms with Crippen molar-refractivity contribution in [3.05, 3.63) is 36.4 Å². The number of aromatic nitrogens is 5. The first-order valence-electron chi connectivity index (χ1n) is 8.41. The van der Waals surface area contributed by atoms with Gasteiger partial charge in [0.25, 0.3) is 0 Å². The van der Waals surface area contributed by atoms with E-state index >= 15 is 0 Å². The maximum Gasteiger partial charge on any atom is 0.163 e. The second-order valence-electron chi connectivity index (χ2n) is 6.85. The van der Waals surface area contributed by atoms with Crippen LogP contribution >= 0.6 is 0 Å². The highest BCUT2D eigenvalue weighted by Gasteiger charge is 2.35. The van der Waals surface area contributed by atoms with E-state index in [4.69, 9.17) is 10.8 Å². The number of pyridine rings is 1. The van der Waals surface area contributed by atoms with Crippen LogP contribution in [0.4, 0.5) is 0 Å². The highest BCUT2D eigenvalue weighted by atomic mass is 15.4. The van der Waals surface area contributed by atoms with Crippen LogP contribution in [-0.2, 0) is 0 Å². The van der Waals surface area contributed by atoms with E-state index in [1.54, 1.807) is 0 Å². The number of rotatable bonds is 4. The van der Waals surface area contributed by atoms with Gasteiger partial charge in [0.2, 0.25) is 0 Å². The maximum atomic E-state index is 5.75. The quantitative estimate of drug-likeness (QED) is 0.803. The Hall–Kier alpha value is -2.21. The van der Waals surface area contributed by atoms with E-state index < -0.39 is 0 Å². The lowest BCUT2D eigenvalue weighted by atomic mass is 9.80. The summed E-state index contributed by atoms with van der Waals surface area (Å²) in [5.41, 5.74) is 8.93. The topological polar surface area (TPSA) is 74.5 Å². The van der Waals surface area contributed by atoms with Crippen LogP contribution in [0.1, 0.15) is 43.3 Å². The predicted molar refractivity (Wildman–Crippen MR) is 87.4 cm³/mol. The molecule has 0 saturated heterocycles. The number of hydrogen-bond acceptors (Lipinski definition) is 4. The monoisotopic (exact) mass is 308 g/mol. The van der Waals surface area contributed by atoms with E-state index in [9.17, 15) is 0 Å². The molecule has 0 amide bonds. The molecule has 0 bridgehead atoms. The molecule has 5 rings (SSSR count). The van der Waals surface area contributed by atoms with Crippen LogP contribution < -0.4 is 5.73 Å². The van der Waals surface area contributed by atoms with Gasteiger partial charge in [-0.1, -0.05) is 0 Å². The van der Waals surface area contributed by atoms with Gasteiger partial charge in [0.1, 0.15) is 5.69 Å². The van der Waals surface area contributed by atoms with Crippen molar-refractivity contribution in [2.75, 3.05) is 6.54 Å². The van der Waals surface area contributed by atoms with Gasteiger partial charge in [-0.05, 0) is 50.3 Å². The van der Waals surface area contributed by atoms with Crippen molar-refractivity contribution >= 4 is 11.0 Å². The van der Waals surface area contributed by atoms with Gasteiger partial charge in [-0.25, -0.2) is 9.67 Å². The summed E-state index contributed by atoms with van der Waals surface area (Å²) >= 11 is 0. The second kappa shape index (κ2) is 4.89. The Morgan fingerprint density at radius 2 is 2.13 bits per heavy atom. The molecule has 6 heteroatoms. The molecule has 0 atom stereocenters. The summed E-state index contributed by atoms with van der Waals surface area (Å²) in [6.07, 6.45) is 10.6. The molecule has 3 heterocycles. The van der Waals surface area contributed by atoms with Crippen molar-refractivity contribution in [2.45, 2.75) is 37.6 Å². The van der Waals surface area contributed by atoms with Gasteiger partial charge < -0.3 is 5.73 Å². The fraction of sp³-hybridized carbons (Fsp3) is 0.471. The van der Waals surface area contributed by atoms with Gasteiger partial charge in [-0.2, -0.15) is 10.2 Å². The largest absolute Gasteiger partial charge is 0.330 e. The van der Waals surface area contributed by atoms with Crippen LogP contribution in [0.2, 0.25) is 0 Å². The Balaban J connectivity index is 1.58. The van der Waals surface area contributed by atoms with Gasteiger partial charge in [0.05, 0.1) is 24.1 Å². The molecule has 2 saturated carbocycles. The molecule has 118 valence electrons. The molecule has 23 heavy (non-hydrogen) atoms. The lowest BCUT2D eigenvalue weighted by Gasteiger charge is -2.34. The van der Waals surface area contributed by atoms with Crippen molar-refractivity contribution in [3.8, 4) is 5.69 Å². The molecule has 2 aliphatic carbocycles. The zero-order valence-electron chi connectivity index (χ0n) is 13.0. The third-order valence-corrected chi connectivity index (χ3v) is 5.18. The first kappa shape index (κ1) is 13.2. The van der Waals surface area contributed by atoms with Crippen molar-refractivity contribution in [3.63, 3.8) is 0 Å². The lowest BCUT2D eigenvalue weighted by Crippen LogP contribution is -2.32. The average molecular weight is 308 g/mol. The summed E-state index contributed by atoms with van der Waals surface area (Å²) in [7, 11) is 0. The van der Waals surface area contributed by atoms with Crippen LogP contribution in [-0.4, -0.2) is 31.1 Å². The molecular weight excluding hydrogens is 288 g/mol. The van der Waals surface area contributed by atoms with E-state index in [0.29, 0.717) is 17.9 Å². The summed E-state index contributed by atoms with van der Waals surface area (Å²) in [5.74, 6) is 1.24. The SMILES string of the molecule is NCC1CC(n2cc(-n3ncc4cccnc43)c(C3CC3)n2)C1. The molecular formula is C17H20N6. The van der Waals surface area contributed by atoms with Crippen molar-refractivity contribution in [2.24, 2.45) is 11.7 Å². The molecule has 2 aliphatic rings. The van der Waals surface area contributed by atoms with Gasteiger partial charge in [0, 0.05) is 17.5 Å². The molecule has 6 nitrogen and oxygen atoms in total. The van der Waals surface area contributed by atoms with Crippen LogP contribution in [0.3, 0.4) is 0 Å². The predicted octanol–water partition coefficient (Wildman–Crippen LogP) is 2.40. The molecule has 3 aromatic heterocycles. The van der Waals surface area contributed by atoms with Crippen molar-refractivity contribution in [1.29, 1.82) is 0 Å². The molecule has 2 fully saturated rings. The van der Waals surface area contributed by atoms with E-state index in [-0.39, 0.29) is 0 Å². The average Bonchev–Trinajstić information content (AvgIpc) is 3.15. The highest BCUT2D eigenvalue weighted by Crippen LogP contribution is 2.44. The Labute approximate surface area is 134 Å². The minimum atomic E-state index is 0.490. The van der Waals surface area contributed by atoms with Crippen LogP contribution in [0.25, 0.3) is 16.7 Å². The zero-order chi connectivity index (χ0) is 15.4. The van der Waals surface area contributed by atoms with Gasteiger partial charge in [-0.3, -0.25) is 4.68 Å². The third kappa shape index (κ3) is 2.09. The lowest BCUT2D eigenvalue weighted by molar-refractivity contribution is 0.189. The number of nitrogens with zero attached hydrogens (tertiary/aromatic N) is 5. The van der Waals surface area contributed by atoms with Crippen molar-refractivity contribution < 1.29 is 0 Å². The minimum absolute atomic E-state index is 0.490. The standard InChI is InChI=1S/C17H20N6/c18-8-11-6-14(7-11)22-10-15(16(21-22)12-3-4-12)23-17-13(9-20-23)2-1-5-19-17/h1-2,5,9-12,14H,3-4,6-8,18H2. The molecule has 0 aliphatic heterocycles. The van der Waals surface area contributed by atoms with Crippen LogP contribution in [0, 0.1) is 5.92 Å². The smallest absolute Gasteiger partial charge is 0.163 e. The minimum Gasteiger partial charge on any atom is -0.330 e. The Bertz CT molecular complexity index is 853. The fourth-order valence-corrected chi connectivity index (χ4v) is 3.54. The zero-order valence-corrected chi connectivity index (χ0v) is 13.0. The summed E-state index contributed by atoms with van der Waals surface area (Å²) in [6, 6.07) is 4.48. The first-order chi connectivity index (χ1) is 11.3. The third-order valence-electron chi connectivity index (χ3n) is 5.18. The molecule has 2 N–H and O–H groups in total. The highest BCUT2D eigenvalue weighted by molar-refractivity contribution is 5.76. The Morgan fingerprint density at radius 1 is 1.26 bits per heavy atom. The molecule has 0 radical (unpaired) electrons. The maximum absolute atomic E-state index is 5.75. The first-order valence-corrected chi connectivity index (χ1v) is 8.41. The van der Waals surface area contributed by atoms with Crippen LogP contribution in [0.15, 0.2) is 30.7 Å². The van der Waals surface area contributed by atoms with E-state index in [0.717, 1.165) is 36.1 Å². The van der Waals surface area contributed by atoms with Crippen molar-refractivity contribution in [1.82, 2.24) is 24.5 Å². The number of nitrogens with two attached hydrogens (primary N) is 1. The van der Waals surface area contributed by atoms with E-state index in [2.05, 4.69) is 21.0 Å². The normalized spacial score (nSPS) is 24.0. The molecule has 0 spiro atoms. The Morgan fingerprint density at radius 3 is 2.91 bits per heavy atom. The molecule has 0 aromatic carbocycles. The summed E-state index contributed by atoms with van der Waals surface area (Å²) in [4.78, 5) is 4.50. The second-order valence-corrected chi connectivity index (χ2v) is 6.85. The molecule has 3 aromatic rings. The van der Waals surface area contributed by atoms with Crippen LogP contribution in [0.5, 0.6) is 0 Å². The van der Waals surface area contributed by atoms with E-state index in [1.807, 2.05) is 29.2 Å². The van der Waals surface area contributed by atoms with Gasteiger partial charge >= 0.3 is 0 Å². The number of fused-ring (bicyclic) bond motifs is 1. The summed E-state index contributed by atoms with van der Waals surface area (Å²) in [5, 5.41) is 10.5. The summed E-state index contributed by atoms with van der Waals surface area (Å²) in [6.45, 7) is 0.786. The van der Waals surface area contributed by atoms with Gasteiger partial charge in [-0.15, -0.1) is 0 Å². The Kier molecular flexibility index (Phi) is 2.82.